The van der Waals surface area contributed by atoms with Crippen molar-refractivity contribution in [3.05, 3.63) is 71.7 Å². The van der Waals surface area contributed by atoms with Crippen molar-refractivity contribution in [2.24, 2.45) is 0 Å². The van der Waals surface area contributed by atoms with Crippen molar-refractivity contribution in [1.82, 2.24) is 19.9 Å². The average Bonchev–Trinajstić information content (AvgIpc) is 3.22. The second-order valence-corrected chi connectivity index (χ2v) is 6.67. The van der Waals surface area contributed by atoms with E-state index in [1.807, 2.05) is 6.07 Å². The van der Waals surface area contributed by atoms with Gasteiger partial charge in [0, 0.05) is 29.4 Å². The van der Waals surface area contributed by atoms with Crippen LogP contribution in [0.25, 0.3) is 22.6 Å². The van der Waals surface area contributed by atoms with E-state index in [4.69, 9.17) is 4.74 Å². The first kappa shape index (κ1) is 18.6. The van der Waals surface area contributed by atoms with Gasteiger partial charge in [-0.25, -0.2) is 14.4 Å². The molecule has 1 N–H and O–H groups in total. The van der Waals surface area contributed by atoms with Gasteiger partial charge in [0.25, 0.3) is 5.91 Å². The molecule has 0 aliphatic rings. The van der Waals surface area contributed by atoms with E-state index in [1.165, 1.54) is 36.9 Å². The lowest BCUT2D eigenvalue weighted by atomic mass is 10.1. The summed E-state index contributed by atoms with van der Waals surface area (Å²) in [5.41, 5.74) is 1.90. The van der Waals surface area contributed by atoms with Crippen molar-refractivity contribution >= 4 is 22.4 Å². The summed E-state index contributed by atoms with van der Waals surface area (Å²) in [4.78, 5) is 29.4. The van der Waals surface area contributed by atoms with E-state index in [0.717, 1.165) is 6.20 Å². The van der Waals surface area contributed by atoms with Crippen LogP contribution in [0.5, 0.6) is 5.88 Å². The number of nitrogens with zero attached hydrogens (tertiary/aromatic N) is 4. The SMILES string of the molecule is COc1cccc(-c2csc(NC(=O)c3cccnc3-c3ccncc3F)n2)n1. The molecule has 9 heteroatoms. The predicted molar refractivity (Wildman–Crippen MR) is 107 cm³/mol. The number of halogens is 1. The van der Waals surface area contributed by atoms with E-state index in [2.05, 4.69) is 25.3 Å². The third-order valence-electron chi connectivity index (χ3n) is 4.00. The van der Waals surface area contributed by atoms with Gasteiger partial charge in [-0.1, -0.05) is 6.07 Å². The van der Waals surface area contributed by atoms with Crippen LogP contribution >= 0.6 is 11.3 Å². The van der Waals surface area contributed by atoms with Crippen molar-refractivity contribution in [2.45, 2.75) is 0 Å². The zero-order chi connectivity index (χ0) is 20.2. The summed E-state index contributed by atoms with van der Waals surface area (Å²) in [6.45, 7) is 0. The minimum absolute atomic E-state index is 0.200. The van der Waals surface area contributed by atoms with Gasteiger partial charge in [-0.15, -0.1) is 11.3 Å². The first-order chi connectivity index (χ1) is 14.2. The summed E-state index contributed by atoms with van der Waals surface area (Å²) in [5.74, 6) is -0.523. The van der Waals surface area contributed by atoms with Crippen LogP contribution in [0.1, 0.15) is 10.4 Å². The highest BCUT2D eigenvalue weighted by Gasteiger charge is 2.18. The molecule has 4 aromatic heterocycles. The number of carbonyl (C=O) groups is 1. The molecule has 0 bridgehead atoms. The zero-order valence-corrected chi connectivity index (χ0v) is 16.0. The van der Waals surface area contributed by atoms with Crippen LogP contribution < -0.4 is 10.1 Å². The topological polar surface area (TPSA) is 89.9 Å². The number of rotatable bonds is 5. The highest BCUT2D eigenvalue weighted by Crippen LogP contribution is 2.27. The Labute approximate surface area is 169 Å². The fraction of sp³-hybridized carbons (Fsp3) is 0.0500. The van der Waals surface area contributed by atoms with Gasteiger partial charge >= 0.3 is 0 Å². The van der Waals surface area contributed by atoms with Crippen LogP contribution in [0.3, 0.4) is 0 Å². The molecule has 0 aromatic carbocycles. The van der Waals surface area contributed by atoms with E-state index in [-0.39, 0.29) is 16.8 Å². The van der Waals surface area contributed by atoms with Crippen molar-refractivity contribution in [1.29, 1.82) is 0 Å². The molecule has 0 aliphatic carbocycles. The van der Waals surface area contributed by atoms with E-state index in [0.29, 0.717) is 22.4 Å². The first-order valence-corrected chi connectivity index (χ1v) is 9.37. The van der Waals surface area contributed by atoms with Crippen LogP contribution in [-0.4, -0.2) is 33.0 Å². The Kier molecular flexibility index (Phi) is 5.21. The summed E-state index contributed by atoms with van der Waals surface area (Å²) >= 11 is 1.26. The number of hydrogen-bond acceptors (Lipinski definition) is 7. The van der Waals surface area contributed by atoms with Crippen LogP contribution in [0.15, 0.2) is 60.4 Å². The molecular weight excluding hydrogens is 393 g/mol. The number of ether oxygens (including phenoxy) is 1. The molecule has 0 spiro atoms. The number of nitrogens with one attached hydrogen (secondary N) is 1. The van der Waals surface area contributed by atoms with Crippen molar-refractivity contribution in [2.75, 3.05) is 12.4 Å². The van der Waals surface area contributed by atoms with Crippen LogP contribution in [0, 0.1) is 5.82 Å². The Morgan fingerprint density at radius 3 is 2.83 bits per heavy atom. The highest BCUT2D eigenvalue weighted by molar-refractivity contribution is 7.14. The quantitative estimate of drug-likeness (QED) is 0.537. The minimum Gasteiger partial charge on any atom is -0.481 e. The second-order valence-electron chi connectivity index (χ2n) is 5.81. The maximum Gasteiger partial charge on any atom is 0.259 e. The molecule has 1 amide bonds. The number of pyridine rings is 3. The fourth-order valence-electron chi connectivity index (χ4n) is 2.65. The maximum atomic E-state index is 14.1. The molecule has 4 heterocycles. The lowest BCUT2D eigenvalue weighted by Crippen LogP contribution is -2.14. The smallest absolute Gasteiger partial charge is 0.259 e. The first-order valence-electron chi connectivity index (χ1n) is 8.49. The van der Waals surface area contributed by atoms with Gasteiger partial charge < -0.3 is 4.74 Å². The summed E-state index contributed by atoms with van der Waals surface area (Å²) < 4.78 is 19.3. The van der Waals surface area contributed by atoms with Gasteiger partial charge in [0.1, 0.15) is 5.69 Å². The third kappa shape index (κ3) is 3.94. The molecular formula is C20H14FN5O2S. The molecule has 0 fully saturated rings. The number of thiazole rings is 1. The van der Waals surface area contributed by atoms with E-state index >= 15 is 0 Å². The van der Waals surface area contributed by atoms with Gasteiger partial charge in [0.2, 0.25) is 5.88 Å². The molecule has 29 heavy (non-hydrogen) atoms. The van der Waals surface area contributed by atoms with E-state index in [9.17, 15) is 9.18 Å². The monoisotopic (exact) mass is 407 g/mol. The Bertz CT molecular complexity index is 1180. The van der Waals surface area contributed by atoms with Gasteiger partial charge in [-0.3, -0.25) is 20.1 Å². The Morgan fingerprint density at radius 2 is 2.00 bits per heavy atom. The summed E-state index contributed by atoms with van der Waals surface area (Å²) in [5, 5.41) is 4.91. The number of methoxy groups -OCH3 is 1. The number of carbonyl (C=O) groups excluding carboxylic acids is 1. The molecule has 0 saturated heterocycles. The summed E-state index contributed by atoms with van der Waals surface area (Å²) in [6, 6.07) is 10.0. The van der Waals surface area contributed by atoms with Crippen LogP contribution in [0.4, 0.5) is 9.52 Å². The normalized spacial score (nSPS) is 10.6. The minimum atomic E-state index is -0.555. The lowest BCUT2D eigenvalue weighted by molar-refractivity contribution is 0.102. The molecule has 0 aliphatic heterocycles. The standard InChI is InChI=1S/C20H14FN5O2S/c1-28-17-6-2-5-15(24-17)16-11-29-20(25-16)26-19(27)13-4-3-8-23-18(13)12-7-9-22-10-14(12)21/h2-11H,1H3,(H,25,26,27). The van der Waals surface area contributed by atoms with Gasteiger partial charge in [0.15, 0.2) is 10.9 Å². The average molecular weight is 407 g/mol. The molecule has 0 radical (unpaired) electrons. The van der Waals surface area contributed by atoms with Crippen molar-refractivity contribution in [3.63, 3.8) is 0 Å². The molecule has 144 valence electrons. The lowest BCUT2D eigenvalue weighted by Gasteiger charge is -2.08. The van der Waals surface area contributed by atoms with E-state index in [1.54, 1.807) is 29.6 Å². The molecule has 0 unspecified atom stereocenters. The van der Waals surface area contributed by atoms with Gasteiger partial charge in [-0.05, 0) is 24.3 Å². The van der Waals surface area contributed by atoms with E-state index < -0.39 is 11.7 Å². The van der Waals surface area contributed by atoms with Crippen molar-refractivity contribution in [3.8, 4) is 28.5 Å². The van der Waals surface area contributed by atoms with Crippen LogP contribution in [0.2, 0.25) is 0 Å². The largest absolute Gasteiger partial charge is 0.481 e. The van der Waals surface area contributed by atoms with Gasteiger partial charge in [0.05, 0.1) is 30.3 Å². The summed E-state index contributed by atoms with van der Waals surface area (Å²) in [6.07, 6.45) is 4.03. The van der Waals surface area contributed by atoms with Crippen molar-refractivity contribution < 1.29 is 13.9 Å². The molecule has 0 atom stereocenters. The second kappa shape index (κ2) is 8.11. The predicted octanol–water partition coefficient (Wildman–Crippen LogP) is 4.06. The van der Waals surface area contributed by atoms with Gasteiger partial charge in [-0.2, -0.15) is 0 Å². The number of amides is 1. The maximum absolute atomic E-state index is 14.1. The number of aromatic nitrogens is 4. The molecule has 0 saturated carbocycles. The zero-order valence-electron chi connectivity index (χ0n) is 15.2. The molecule has 7 nitrogen and oxygen atoms in total. The summed E-state index contributed by atoms with van der Waals surface area (Å²) in [7, 11) is 1.54. The highest BCUT2D eigenvalue weighted by atomic mass is 32.1. The number of hydrogen-bond donors (Lipinski definition) is 1. The Morgan fingerprint density at radius 1 is 1.10 bits per heavy atom. The Balaban J connectivity index is 1.60. The van der Waals surface area contributed by atoms with Crippen LogP contribution in [-0.2, 0) is 0 Å². The fourth-order valence-corrected chi connectivity index (χ4v) is 3.35. The Hall–Kier alpha value is -3.72. The molecule has 4 aromatic rings. The third-order valence-corrected chi connectivity index (χ3v) is 4.76. The molecule has 4 rings (SSSR count). The number of anilines is 1.